The molecule has 0 atom stereocenters. The molecule has 15 heteroatoms. The van der Waals surface area contributed by atoms with Crippen LogP contribution >= 0.6 is 11.5 Å². The summed E-state index contributed by atoms with van der Waals surface area (Å²) in [6.45, 7) is 3.09. The third-order valence-corrected chi connectivity index (χ3v) is 10.7. The highest BCUT2D eigenvalue weighted by Gasteiger charge is 2.36. The fourth-order valence-corrected chi connectivity index (χ4v) is 7.70. The molecule has 2 heterocycles. The highest BCUT2D eigenvalue weighted by atomic mass is 32.2. The maximum absolute atomic E-state index is 15.2. The van der Waals surface area contributed by atoms with Crippen molar-refractivity contribution < 1.29 is 26.3 Å². The van der Waals surface area contributed by atoms with Gasteiger partial charge in [-0.3, -0.25) is 0 Å². The van der Waals surface area contributed by atoms with Crippen LogP contribution in [0.1, 0.15) is 38.4 Å². The molecular weight excluding hydrogens is 543 g/mol. The summed E-state index contributed by atoms with van der Waals surface area (Å²) in [6, 6.07) is 3.66. The maximum Gasteiger partial charge on any atom is 0.243 e. The normalized spacial score (nSPS) is 23.8. The number of halogens is 1. The lowest BCUT2D eigenvalue weighted by Gasteiger charge is -2.34. The number of rotatable bonds is 9. The van der Waals surface area contributed by atoms with Crippen LogP contribution in [0.4, 0.5) is 15.2 Å². The quantitative estimate of drug-likeness (QED) is 0.403. The summed E-state index contributed by atoms with van der Waals surface area (Å²) >= 11 is 1.28. The molecule has 2 fully saturated rings. The van der Waals surface area contributed by atoms with Crippen LogP contribution in [0.2, 0.25) is 0 Å². The van der Waals surface area contributed by atoms with Crippen LogP contribution in [0.15, 0.2) is 28.0 Å². The molecule has 1 aliphatic heterocycles. The minimum atomic E-state index is -4.30. The van der Waals surface area contributed by atoms with Crippen LogP contribution in [0.25, 0.3) is 0 Å². The van der Waals surface area contributed by atoms with Gasteiger partial charge < -0.3 is 15.3 Å². The molecule has 1 aromatic carbocycles. The SMILES string of the molecule is CCc1nsc(N2CCN(S(=O)(=O)c3ccc(NCC4(F)CCC(CO)CC4)c(S(N)(=O)=O)c3)CC2)n1. The molecule has 11 nitrogen and oxygen atoms in total. The van der Waals surface area contributed by atoms with Crippen LogP contribution in [-0.4, -0.2) is 80.6 Å². The van der Waals surface area contributed by atoms with E-state index in [1.165, 1.54) is 28.0 Å². The average Bonchev–Trinajstić information content (AvgIpc) is 3.37. The zero-order valence-electron chi connectivity index (χ0n) is 20.6. The number of anilines is 2. The zero-order chi connectivity index (χ0) is 26.8. The predicted octanol–water partition coefficient (Wildman–Crippen LogP) is 1.56. The van der Waals surface area contributed by atoms with E-state index in [4.69, 9.17) is 5.14 Å². The summed E-state index contributed by atoms with van der Waals surface area (Å²) in [5.74, 6) is 0.818. The Hall–Kier alpha value is -1.91. The first-order chi connectivity index (χ1) is 17.4. The largest absolute Gasteiger partial charge is 0.396 e. The highest BCUT2D eigenvalue weighted by molar-refractivity contribution is 7.90. The fourth-order valence-electron chi connectivity index (χ4n) is 4.64. The first-order valence-corrected chi connectivity index (χ1v) is 16.0. The molecule has 37 heavy (non-hydrogen) atoms. The second-order valence-electron chi connectivity index (χ2n) is 9.57. The molecule has 1 aliphatic carbocycles. The number of piperazine rings is 1. The molecule has 206 valence electrons. The number of aryl methyl sites for hydroxylation is 1. The Labute approximate surface area is 221 Å². The van der Waals surface area contributed by atoms with E-state index in [9.17, 15) is 21.9 Å². The molecule has 0 unspecified atom stereocenters. The molecular formula is C22H33FN6O5S3. The summed E-state index contributed by atoms with van der Waals surface area (Å²) in [5.41, 5.74) is -1.51. The molecule has 1 aromatic heterocycles. The van der Waals surface area contributed by atoms with Gasteiger partial charge in [-0.05, 0) is 49.8 Å². The highest BCUT2D eigenvalue weighted by Crippen LogP contribution is 2.36. The van der Waals surface area contributed by atoms with Crippen molar-refractivity contribution in [3.8, 4) is 0 Å². The molecule has 2 aromatic rings. The van der Waals surface area contributed by atoms with Crippen LogP contribution in [0, 0.1) is 5.92 Å². The van der Waals surface area contributed by atoms with Crippen LogP contribution in [0.5, 0.6) is 0 Å². The minimum Gasteiger partial charge on any atom is -0.396 e. The average molecular weight is 577 g/mol. The number of nitrogens with zero attached hydrogens (tertiary/aromatic N) is 4. The number of nitrogens with two attached hydrogens (primary N) is 1. The summed E-state index contributed by atoms with van der Waals surface area (Å²) < 4.78 is 72.2. The standard InChI is InChI=1S/C22H33FN6O5S3/c1-2-20-26-21(35-27-20)28-9-11-29(12-10-28)37(33,34)17-3-4-18(19(13-17)36(24,31)32)25-15-22(23)7-5-16(14-30)6-8-22/h3-4,13,16,25,30H,2,5-12,14-15H2,1H3,(H2,24,31,32). The van der Waals surface area contributed by atoms with Gasteiger partial charge in [0.05, 0.1) is 10.6 Å². The van der Waals surface area contributed by atoms with Crippen molar-refractivity contribution in [2.24, 2.45) is 11.1 Å². The minimum absolute atomic E-state index is 0.0198. The first-order valence-electron chi connectivity index (χ1n) is 12.2. The van der Waals surface area contributed by atoms with Gasteiger partial charge >= 0.3 is 0 Å². The zero-order valence-corrected chi connectivity index (χ0v) is 23.1. The van der Waals surface area contributed by atoms with Gasteiger partial charge in [-0.1, -0.05) is 6.92 Å². The lowest BCUT2D eigenvalue weighted by molar-refractivity contribution is 0.0747. The molecule has 1 saturated carbocycles. The van der Waals surface area contributed by atoms with E-state index in [1.807, 2.05) is 11.8 Å². The number of primary sulfonamides is 1. The van der Waals surface area contributed by atoms with Gasteiger partial charge in [0.2, 0.25) is 25.2 Å². The van der Waals surface area contributed by atoms with E-state index < -0.39 is 30.6 Å². The Kier molecular flexibility index (Phi) is 8.40. The second-order valence-corrected chi connectivity index (χ2v) is 13.8. The van der Waals surface area contributed by atoms with E-state index in [-0.39, 0.29) is 55.6 Å². The van der Waals surface area contributed by atoms with Crippen molar-refractivity contribution in [2.75, 3.05) is 49.5 Å². The topological polar surface area (TPSA) is 159 Å². The Morgan fingerprint density at radius 3 is 2.43 bits per heavy atom. The summed E-state index contributed by atoms with van der Waals surface area (Å²) in [5, 5.41) is 18.3. The van der Waals surface area contributed by atoms with Crippen LogP contribution in [-0.2, 0) is 26.5 Å². The van der Waals surface area contributed by atoms with E-state index >= 15 is 4.39 Å². The van der Waals surface area contributed by atoms with Gasteiger partial charge in [0.25, 0.3) is 0 Å². The van der Waals surface area contributed by atoms with Crippen molar-refractivity contribution in [1.29, 1.82) is 0 Å². The van der Waals surface area contributed by atoms with Gasteiger partial charge in [-0.25, -0.2) is 31.3 Å². The molecule has 4 N–H and O–H groups in total. The number of nitrogens with one attached hydrogen (secondary N) is 1. The van der Waals surface area contributed by atoms with Gasteiger partial charge in [-0.15, -0.1) is 0 Å². The van der Waals surface area contributed by atoms with E-state index in [2.05, 4.69) is 14.7 Å². The second kappa shape index (κ2) is 11.1. The number of aromatic nitrogens is 2. The van der Waals surface area contributed by atoms with Crippen molar-refractivity contribution in [2.45, 2.75) is 54.5 Å². The van der Waals surface area contributed by atoms with Crippen molar-refractivity contribution in [1.82, 2.24) is 13.7 Å². The van der Waals surface area contributed by atoms with E-state index in [0.717, 1.165) is 23.4 Å². The Morgan fingerprint density at radius 2 is 1.86 bits per heavy atom. The van der Waals surface area contributed by atoms with E-state index in [1.54, 1.807) is 0 Å². The molecule has 0 bridgehead atoms. The van der Waals surface area contributed by atoms with Gasteiger partial charge in [-0.2, -0.15) is 8.68 Å². The third kappa shape index (κ3) is 6.40. The molecule has 4 rings (SSSR count). The number of sulfonamides is 2. The summed E-state index contributed by atoms with van der Waals surface area (Å²) in [6.07, 6.45) is 2.29. The number of hydrogen-bond acceptors (Lipinski definition) is 10. The van der Waals surface area contributed by atoms with Crippen molar-refractivity contribution in [3.05, 3.63) is 24.0 Å². The Morgan fingerprint density at radius 1 is 1.19 bits per heavy atom. The predicted molar refractivity (Wildman–Crippen MR) is 139 cm³/mol. The molecule has 0 radical (unpaired) electrons. The molecule has 0 amide bonds. The lowest BCUT2D eigenvalue weighted by Crippen LogP contribution is -2.48. The smallest absolute Gasteiger partial charge is 0.243 e. The van der Waals surface area contributed by atoms with E-state index in [0.29, 0.717) is 25.9 Å². The van der Waals surface area contributed by atoms with Gasteiger partial charge in [0.15, 0.2) is 0 Å². The maximum atomic E-state index is 15.2. The third-order valence-electron chi connectivity index (χ3n) is 7.04. The number of alkyl halides is 1. The van der Waals surface area contributed by atoms with Crippen LogP contribution in [0.3, 0.4) is 0 Å². The van der Waals surface area contributed by atoms with Crippen molar-refractivity contribution in [3.63, 3.8) is 0 Å². The van der Waals surface area contributed by atoms with Gasteiger partial charge in [0, 0.05) is 57.3 Å². The number of benzene rings is 1. The summed E-state index contributed by atoms with van der Waals surface area (Å²) in [7, 11) is -8.30. The molecule has 1 saturated heterocycles. The number of hydrogen-bond donors (Lipinski definition) is 3. The molecule has 0 spiro atoms. The Bertz CT molecular complexity index is 1300. The summed E-state index contributed by atoms with van der Waals surface area (Å²) in [4.78, 5) is 5.83. The van der Waals surface area contributed by atoms with Crippen LogP contribution < -0.4 is 15.4 Å². The lowest BCUT2D eigenvalue weighted by atomic mass is 9.80. The monoisotopic (exact) mass is 576 g/mol. The van der Waals surface area contributed by atoms with Gasteiger partial charge in [0.1, 0.15) is 16.4 Å². The number of aliphatic hydroxyl groups excluding tert-OH is 1. The van der Waals surface area contributed by atoms with Crippen molar-refractivity contribution >= 4 is 42.4 Å². The fraction of sp³-hybridized carbons (Fsp3) is 0.636. The molecule has 2 aliphatic rings. The Balaban J connectivity index is 1.48. The first kappa shape index (κ1) is 28.1. The number of aliphatic hydroxyl groups is 1.